The Labute approximate surface area is 85.9 Å². The van der Waals surface area contributed by atoms with E-state index in [1.165, 1.54) is 0 Å². The molecule has 1 aliphatic heterocycles. The van der Waals surface area contributed by atoms with Crippen molar-refractivity contribution in [2.24, 2.45) is 0 Å². The van der Waals surface area contributed by atoms with Crippen molar-refractivity contribution in [1.82, 2.24) is 0 Å². The van der Waals surface area contributed by atoms with Gasteiger partial charge in [-0.2, -0.15) is 0 Å². The maximum absolute atomic E-state index is 11.2. The van der Waals surface area contributed by atoms with Crippen molar-refractivity contribution < 1.29 is 14.6 Å². The van der Waals surface area contributed by atoms with E-state index in [-0.39, 0.29) is 6.10 Å². The molecule has 0 aromatic heterocycles. The number of carbonyl (C=O) groups is 1. The molecule has 0 saturated carbocycles. The summed E-state index contributed by atoms with van der Waals surface area (Å²) in [7, 11) is 0. The first-order valence-corrected chi connectivity index (χ1v) is 5.15. The lowest BCUT2D eigenvalue weighted by atomic mass is 10.1. The van der Waals surface area contributed by atoms with Crippen LogP contribution in [-0.2, 0) is 9.53 Å². The zero-order chi connectivity index (χ0) is 10.0. The zero-order valence-electron chi connectivity index (χ0n) is 7.71. The Bertz CT molecular complexity index is 247. The molecule has 13 heavy (non-hydrogen) atoms. The number of aliphatic hydroxyl groups is 1. The van der Waals surface area contributed by atoms with E-state index in [9.17, 15) is 9.90 Å². The maximum atomic E-state index is 11.2. The number of halogens is 1. The highest BCUT2D eigenvalue weighted by atomic mass is 79.9. The average Bonchev–Trinajstić information content (AvgIpc) is 2.27. The van der Waals surface area contributed by atoms with Crippen LogP contribution in [0.3, 0.4) is 0 Å². The van der Waals surface area contributed by atoms with Crippen LogP contribution in [0.1, 0.15) is 26.7 Å². The fraction of sp³-hybridized carbons (Fsp3) is 0.667. The Hall–Kier alpha value is -0.350. The summed E-state index contributed by atoms with van der Waals surface area (Å²) in [6.45, 7) is 3.73. The summed E-state index contributed by atoms with van der Waals surface area (Å²) in [6.07, 6.45) is 0.476. The highest BCUT2D eigenvalue weighted by Gasteiger charge is 2.33. The molecule has 0 bridgehead atoms. The molecule has 1 aliphatic rings. The van der Waals surface area contributed by atoms with Crippen LogP contribution in [0.15, 0.2) is 10.1 Å². The lowest BCUT2D eigenvalue weighted by molar-refractivity contribution is -0.139. The highest BCUT2D eigenvalue weighted by Crippen LogP contribution is 2.30. The van der Waals surface area contributed by atoms with E-state index in [0.717, 1.165) is 6.42 Å². The number of carbonyl (C=O) groups excluding carboxylic acids is 1. The van der Waals surface area contributed by atoms with Gasteiger partial charge in [0.15, 0.2) is 0 Å². The van der Waals surface area contributed by atoms with E-state index in [2.05, 4.69) is 15.9 Å². The van der Waals surface area contributed by atoms with E-state index in [4.69, 9.17) is 4.74 Å². The van der Waals surface area contributed by atoms with Crippen LogP contribution in [0.4, 0.5) is 0 Å². The fourth-order valence-corrected chi connectivity index (χ4v) is 1.82. The molecule has 0 aromatic carbocycles. The van der Waals surface area contributed by atoms with Gasteiger partial charge in [0.05, 0.1) is 11.7 Å². The van der Waals surface area contributed by atoms with Gasteiger partial charge in [0.2, 0.25) is 0 Å². The van der Waals surface area contributed by atoms with Crippen molar-refractivity contribution in [3.8, 4) is 0 Å². The molecule has 3 nitrogen and oxygen atoms in total. The molecule has 0 radical (unpaired) electrons. The van der Waals surface area contributed by atoms with Gasteiger partial charge in [-0.25, -0.2) is 4.79 Å². The SMILES string of the molecule is CCCC(O)C1=C(Br)C(C)OC1=O. The second-order valence-corrected chi connectivity index (χ2v) is 3.97. The third-order valence-corrected chi connectivity index (χ3v) is 3.09. The van der Waals surface area contributed by atoms with Crippen molar-refractivity contribution in [1.29, 1.82) is 0 Å². The van der Waals surface area contributed by atoms with Crippen LogP contribution in [0.5, 0.6) is 0 Å². The smallest absolute Gasteiger partial charge is 0.338 e. The second-order valence-electron chi connectivity index (χ2n) is 3.11. The third-order valence-electron chi connectivity index (χ3n) is 2.01. The van der Waals surface area contributed by atoms with Gasteiger partial charge in [0.25, 0.3) is 0 Å². The number of rotatable bonds is 3. The molecule has 0 aliphatic carbocycles. The van der Waals surface area contributed by atoms with Crippen molar-refractivity contribution in [2.45, 2.75) is 38.9 Å². The van der Waals surface area contributed by atoms with Gasteiger partial charge >= 0.3 is 5.97 Å². The predicted molar refractivity (Wildman–Crippen MR) is 52.4 cm³/mol. The van der Waals surface area contributed by atoms with Gasteiger partial charge in [0.1, 0.15) is 6.10 Å². The molecule has 1 rings (SSSR count). The predicted octanol–water partition coefficient (Wildman–Crippen LogP) is 1.74. The van der Waals surface area contributed by atoms with Gasteiger partial charge < -0.3 is 9.84 Å². The molecular formula is C9H13BrO3. The monoisotopic (exact) mass is 248 g/mol. The minimum absolute atomic E-state index is 0.256. The van der Waals surface area contributed by atoms with Crippen LogP contribution >= 0.6 is 15.9 Å². The van der Waals surface area contributed by atoms with Crippen LogP contribution in [0, 0.1) is 0 Å². The minimum atomic E-state index is -0.697. The van der Waals surface area contributed by atoms with Crippen LogP contribution in [0.25, 0.3) is 0 Å². The Morgan fingerprint density at radius 2 is 2.31 bits per heavy atom. The molecule has 0 amide bonds. The standard InChI is InChI=1S/C9H13BrO3/c1-3-4-6(11)7-8(10)5(2)13-9(7)12/h5-6,11H,3-4H2,1-2H3. The molecule has 0 saturated heterocycles. The molecule has 1 heterocycles. The third kappa shape index (κ3) is 2.11. The van der Waals surface area contributed by atoms with Gasteiger partial charge in [0, 0.05) is 4.48 Å². The summed E-state index contributed by atoms with van der Waals surface area (Å²) in [5.74, 6) is -0.402. The van der Waals surface area contributed by atoms with Crippen molar-refractivity contribution in [2.75, 3.05) is 0 Å². The zero-order valence-corrected chi connectivity index (χ0v) is 9.30. The van der Waals surface area contributed by atoms with Crippen molar-refractivity contribution >= 4 is 21.9 Å². The first-order chi connectivity index (χ1) is 6.07. The van der Waals surface area contributed by atoms with Gasteiger partial charge in [-0.3, -0.25) is 0 Å². The molecule has 4 heteroatoms. The quantitative estimate of drug-likeness (QED) is 0.775. The lowest BCUT2D eigenvalue weighted by Gasteiger charge is -2.07. The van der Waals surface area contributed by atoms with Crippen LogP contribution in [0.2, 0.25) is 0 Å². The van der Waals surface area contributed by atoms with E-state index < -0.39 is 12.1 Å². The van der Waals surface area contributed by atoms with E-state index >= 15 is 0 Å². The minimum Gasteiger partial charge on any atom is -0.454 e. The summed E-state index contributed by atoms with van der Waals surface area (Å²) in [4.78, 5) is 11.2. The van der Waals surface area contributed by atoms with Crippen LogP contribution in [-0.4, -0.2) is 23.3 Å². The van der Waals surface area contributed by atoms with Gasteiger partial charge in [-0.1, -0.05) is 29.3 Å². The van der Waals surface area contributed by atoms with Crippen molar-refractivity contribution in [3.63, 3.8) is 0 Å². The number of hydrogen-bond acceptors (Lipinski definition) is 3. The maximum Gasteiger partial charge on any atom is 0.338 e. The lowest BCUT2D eigenvalue weighted by Crippen LogP contribution is -2.16. The summed E-state index contributed by atoms with van der Waals surface area (Å²) in [5.41, 5.74) is 0.384. The second kappa shape index (κ2) is 4.24. The van der Waals surface area contributed by atoms with Gasteiger partial charge in [-0.05, 0) is 13.3 Å². The van der Waals surface area contributed by atoms with Gasteiger partial charge in [-0.15, -0.1) is 0 Å². The summed E-state index contributed by atoms with van der Waals surface area (Å²) < 4.78 is 5.61. The Kier molecular flexibility index (Phi) is 3.50. The number of esters is 1. The molecule has 0 fully saturated rings. The summed E-state index contributed by atoms with van der Waals surface area (Å²) >= 11 is 3.25. The average molecular weight is 249 g/mol. The molecule has 2 unspecified atom stereocenters. The van der Waals surface area contributed by atoms with Crippen molar-refractivity contribution in [3.05, 3.63) is 10.1 Å². The largest absolute Gasteiger partial charge is 0.454 e. The van der Waals surface area contributed by atoms with E-state index in [1.54, 1.807) is 6.92 Å². The molecular weight excluding hydrogens is 236 g/mol. The first kappa shape index (κ1) is 10.7. The topological polar surface area (TPSA) is 46.5 Å². The Balaban J connectivity index is 2.82. The number of ether oxygens (including phenoxy) is 1. The number of cyclic esters (lactones) is 1. The Morgan fingerprint density at radius 1 is 1.69 bits per heavy atom. The van der Waals surface area contributed by atoms with Crippen LogP contribution < -0.4 is 0 Å². The highest BCUT2D eigenvalue weighted by molar-refractivity contribution is 9.11. The van der Waals surface area contributed by atoms with E-state index in [1.807, 2.05) is 6.92 Å². The number of aliphatic hydroxyl groups excluding tert-OH is 1. The fourth-order valence-electron chi connectivity index (χ4n) is 1.31. The number of hydrogen-bond donors (Lipinski definition) is 1. The molecule has 1 N–H and O–H groups in total. The normalized spacial score (nSPS) is 24.9. The first-order valence-electron chi connectivity index (χ1n) is 4.36. The molecule has 74 valence electrons. The molecule has 0 spiro atoms. The summed E-state index contributed by atoms with van der Waals surface area (Å²) in [6, 6.07) is 0. The van der Waals surface area contributed by atoms with E-state index in [0.29, 0.717) is 16.5 Å². The molecule has 2 atom stereocenters. The Morgan fingerprint density at radius 3 is 2.69 bits per heavy atom. The summed E-state index contributed by atoms with van der Waals surface area (Å²) in [5, 5.41) is 9.62. The molecule has 0 aromatic rings.